The van der Waals surface area contributed by atoms with Gasteiger partial charge in [0.25, 0.3) is 0 Å². The van der Waals surface area contributed by atoms with E-state index in [1.807, 2.05) is 0 Å². The number of unbranched alkanes of at least 4 members (excludes halogenated alkanes) is 2. The van der Waals surface area contributed by atoms with E-state index in [9.17, 15) is 4.79 Å². The maximum Gasteiger partial charge on any atom is 0.123 e. The first kappa shape index (κ1) is 14.7. The average molecular weight is 212 g/mol. The van der Waals surface area contributed by atoms with Gasteiger partial charge in [-0.15, -0.1) is 0 Å². The summed E-state index contributed by atoms with van der Waals surface area (Å²) < 4.78 is 0. The molecule has 0 aliphatic rings. The molecule has 0 aromatic rings. The highest BCUT2D eigenvalue weighted by atomic mass is 16.1. The van der Waals surface area contributed by atoms with Crippen molar-refractivity contribution in [2.75, 3.05) is 0 Å². The Kier molecular flexibility index (Phi) is 9.97. The fourth-order valence-corrected chi connectivity index (χ4v) is 2.07. The van der Waals surface area contributed by atoms with Crippen LogP contribution in [0.5, 0.6) is 0 Å². The second-order valence-electron chi connectivity index (χ2n) is 4.86. The van der Waals surface area contributed by atoms with E-state index in [0.717, 1.165) is 18.8 Å². The highest BCUT2D eigenvalue weighted by molar-refractivity contribution is 5.53. The standard InChI is InChI=1S/C14H28O/c1-4-6-7-9-14(12-15)11-10-13(3)8-5-2/h12-14H,4-11H2,1-3H3. The van der Waals surface area contributed by atoms with Gasteiger partial charge in [0, 0.05) is 5.92 Å². The molecule has 0 heterocycles. The summed E-state index contributed by atoms with van der Waals surface area (Å²) in [5.74, 6) is 1.12. The van der Waals surface area contributed by atoms with Crippen molar-refractivity contribution in [1.82, 2.24) is 0 Å². The van der Waals surface area contributed by atoms with E-state index in [0.29, 0.717) is 5.92 Å². The zero-order valence-electron chi connectivity index (χ0n) is 10.8. The molecule has 2 unspecified atom stereocenters. The van der Waals surface area contributed by atoms with Crippen LogP contribution in [0.15, 0.2) is 0 Å². The molecule has 0 rings (SSSR count). The van der Waals surface area contributed by atoms with Crippen molar-refractivity contribution in [3.63, 3.8) is 0 Å². The number of hydrogen-bond acceptors (Lipinski definition) is 1. The summed E-state index contributed by atoms with van der Waals surface area (Å²) in [7, 11) is 0. The van der Waals surface area contributed by atoms with E-state index < -0.39 is 0 Å². The van der Waals surface area contributed by atoms with Gasteiger partial charge in [-0.2, -0.15) is 0 Å². The molecular formula is C14H28O. The van der Waals surface area contributed by atoms with Crippen molar-refractivity contribution in [1.29, 1.82) is 0 Å². The minimum absolute atomic E-state index is 0.329. The van der Waals surface area contributed by atoms with Gasteiger partial charge in [0.15, 0.2) is 0 Å². The van der Waals surface area contributed by atoms with Crippen molar-refractivity contribution < 1.29 is 4.79 Å². The Morgan fingerprint density at radius 1 is 0.933 bits per heavy atom. The summed E-state index contributed by atoms with van der Waals surface area (Å²) in [4.78, 5) is 10.9. The van der Waals surface area contributed by atoms with Crippen LogP contribution in [0.3, 0.4) is 0 Å². The highest BCUT2D eigenvalue weighted by Crippen LogP contribution is 2.19. The molecule has 0 aromatic carbocycles. The fraction of sp³-hybridized carbons (Fsp3) is 0.929. The van der Waals surface area contributed by atoms with Crippen molar-refractivity contribution in [2.45, 2.75) is 72.1 Å². The maximum absolute atomic E-state index is 10.9. The molecule has 1 heteroatoms. The molecule has 2 atom stereocenters. The van der Waals surface area contributed by atoms with Crippen LogP contribution < -0.4 is 0 Å². The quantitative estimate of drug-likeness (QED) is 0.382. The Bertz CT molecular complexity index is 142. The summed E-state index contributed by atoms with van der Waals surface area (Å²) in [6, 6.07) is 0. The van der Waals surface area contributed by atoms with Crippen LogP contribution >= 0.6 is 0 Å². The molecule has 0 radical (unpaired) electrons. The van der Waals surface area contributed by atoms with Gasteiger partial charge in [-0.1, -0.05) is 59.3 Å². The lowest BCUT2D eigenvalue weighted by molar-refractivity contribution is -0.111. The van der Waals surface area contributed by atoms with Crippen LogP contribution in [0.4, 0.5) is 0 Å². The molecule has 0 N–H and O–H groups in total. The number of rotatable bonds is 10. The topological polar surface area (TPSA) is 17.1 Å². The zero-order chi connectivity index (χ0) is 11.5. The summed E-state index contributed by atoms with van der Waals surface area (Å²) in [5.41, 5.74) is 0. The minimum atomic E-state index is 0.329. The van der Waals surface area contributed by atoms with E-state index in [2.05, 4.69) is 20.8 Å². The molecule has 0 saturated carbocycles. The molecule has 0 aliphatic heterocycles. The summed E-state index contributed by atoms with van der Waals surface area (Å²) in [6.45, 7) is 6.74. The number of carbonyl (C=O) groups excluding carboxylic acids is 1. The van der Waals surface area contributed by atoms with Gasteiger partial charge in [-0.25, -0.2) is 0 Å². The predicted molar refractivity (Wildman–Crippen MR) is 67.0 cm³/mol. The lowest BCUT2D eigenvalue weighted by Gasteiger charge is -2.13. The van der Waals surface area contributed by atoms with Gasteiger partial charge in [0.1, 0.15) is 6.29 Å². The molecule has 0 aliphatic carbocycles. The van der Waals surface area contributed by atoms with Crippen molar-refractivity contribution in [3.8, 4) is 0 Å². The fourth-order valence-electron chi connectivity index (χ4n) is 2.07. The first-order valence-corrected chi connectivity index (χ1v) is 6.69. The van der Waals surface area contributed by atoms with Gasteiger partial charge >= 0.3 is 0 Å². The van der Waals surface area contributed by atoms with E-state index >= 15 is 0 Å². The summed E-state index contributed by atoms with van der Waals surface area (Å²) in [5, 5.41) is 0. The van der Waals surface area contributed by atoms with Gasteiger partial charge < -0.3 is 4.79 Å². The van der Waals surface area contributed by atoms with Crippen LogP contribution in [-0.4, -0.2) is 6.29 Å². The first-order chi connectivity index (χ1) is 7.24. The third-order valence-electron chi connectivity index (χ3n) is 3.18. The zero-order valence-corrected chi connectivity index (χ0v) is 10.8. The van der Waals surface area contributed by atoms with E-state index in [1.165, 1.54) is 44.8 Å². The molecule has 0 spiro atoms. The Labute approximate surface area is 95.6 Å². The molecule has 1 nitrogen and oxygen atoms in total. The number of hydrogen-bond donors (Lipinski definition) is 0. The van der Waals surface area contributed by atoms with E-state index in [1.54, 1.807) is 0 Å². The van der Waals surface area contributed by atoms with Gasteiger partial charge in [0.05, 0.1) is 0 Å². The first-order valence-electron chi connectivity index (χ1n) is 6.69. The van der Waals surface area contributed by atoms with Crippen LogP contribution in [-0.2, 0) is 4.79 Å². The second-order valence-corrected chi connectivity index (χ2v) is 4.86. The third-order valence-corrected chi connectivity index (χ3v) is 3.18. The molecule has 0 fully saturated rings. The number of carbonyl (C=O) groups is 1. The third kappa shape index (κ3) is 8.65. The van der Waals surface area contributed by atoms with Crippen molar-refractivity contribution in [2.24, 2.45) is 11.8 Å². The SMILES string of the molecule is CCCCCC(C=O)CCC(C)CCC. The van der Waals surface area contributed by atoms with Crippen LogP contribution in [0.25, 0.3) is 0 Å². The Hall–Kier alpha value is -0.330. The smallest absolute Gasteiger partial charge is 0.123 e. The van der Waals surface area contributed by atoms with Crippen LogP contribution in [0.2, 0.25) is 0 Å². The van der Waals surface area contributed by atoms with E-state index in [-0.39, 0.29) is 0 Å². The lowest BCUT2D eigenvalue weighted by atomic mass is 9.92. The molecular weight excluding hydrogens is 184 g/mol. The van der Waals surface area contributed by atoms with Crippen LogP contribution in [0.1, 0.15) is 72.1 Å². The number of aldehydes is 1. The second kappa shape index (κ2) is 10.2. The maximum atomic E-state index is 10.9. The average Bonchev–Trinajstić information content (AvgIpc) is 2.23. The predicted octanol–water partition coefficient (Wildman–Crippen LogP) is 4.60. The lowest BCUT2D eigenvalue weighted by Crippen LogP contribution is -2.05. The minimum Gasteiger partial charge on any atom is -0.303 e. The monoisotopic (exact) mass is 212 g/mol. The summed E-state index contributed by atoms with van der Waals surface area (Å²) >= 11 is 0. The van der Waals surface area contributed by atoms with Gasteiger partial charge in [-0.3, -0.25) is 0 Å². The Morgan fingerprint density at radius 3 is 2.20 bits per heavy atom. The van der Waals surface area contributed by atoms with Gasteiger partial charge in [-0.05, 0) is 18.8 Å². The molecule has 0 aromatic heterocycles. The molecule has 0 amide bonds. The molecule has 15 heavy (non-hydrogen) atoms. The van der Waals surface area contributed by atoms with Crippen molar-refractivity contribution in [3.05, 3.63) is 0 Å². The Morgan fingerprint density at radius 2 is 1.67 bits per heavy atom. The Balaban J connectivity index is 3.55. The molecule has 0 saturated heterocycles. The summed E-state index contributed by atoms with van der Waals surface area (Å²) in [6.07, 6.45) is 10.9. The molecule has 90 valence electrons. The highest BCUT2D eigenvalue weighted by Gasteiger charge is 2.09. The normalized spacial score (nSPS) is 14.9. The van der Waals surface area contributed by atoms with E-state index in [4.69, 9.17) is 0 Å². The molecule has 0 bridgehead atoms. The van der Waals surface area contributed by atoms with Crippen LogP contribution in [0, 0.1) is 11.8 Å². The van der Waals surface area contributed by atoms with Crippen molar-refractivity contribution >= 4 is 6.29 Å². The largest absolute Gasteiger partial charge is 0.303 e. The van der Waals surface area contributed by atoms with Gasteiger partial charge in [0.2, 0.25) is 0 Å².